The lowest BCUT2D eigenvalue weighted by atomic mass is 10.2. The third-order valence-electron chi connectivity index (χ3n) is 2.72. The summed E-state index contributed by atoms with van der Waals surface area (Å²) < 4.78 is 15.2. The van der Waals surface area contributed by atoms with Crippen LogP contribution in [0.2, 0.25) is 0 Å². The van der Waals surface area contributed by atoms with Crippen LogP contribution in [0.25, 0.3) is 5.69 Å². The van der Waals surface area contributed by atoms with E-state index in [0.29, 0.717) is 18.5 Å². The zero-order chi connectivity index (χ0) is 14.5. The molecule has 1 unspecified atom stereocenters. The Labute approximate surface area is 128 Å². The molecule has 0 fully saturated rings. The molecule has 0 saturated carbocycles. The molecule has 3 N–H and O–H groups in total. The number of aromatic nitrogens is 3. The lowest BCUT2D eigenvalue weighted by molar-refractivity contribution is -0.116. The van der Waals surface area contributed by atoms with Gasteiger partial charge in [-0.3, -0.25) is 4.79 Å². The van der Waals surface area contributed by atoms with Crippen molar-refractivity contribution in [1.82, 2.24) is 14.8 Å². The number of nitrogens with zero attached hydrogens (tertiary/aromatic N) is 3. The normalized spacial score (nSPS) is 11.6. The van der Waals surface area contributed by atoms with Gasteiger partial charge in [0.2, 0.25) is 5.91 Å². The molecule has 1 amide bonds. The van der Waals surface area contributed by atoms with E-state index >= 15 is 0 Å². The van der Waals surface area contributed by atoms with Gasteiger partial charge in [-0.2, -0.15) is 5.10 Å². The van der Waals surface area contributed by atoms with Crippen LogP contribution >= 0.6 is 12.4 Å². The van der Waals surface area contributed by atoms with Gasteiger partial charge in [0.05, 0.1) is 0 Å². The monoisotopic (exact) mass is 313 g/mol. The van der Waals surface area contributed by atoms with Crippen molar-refractivity contribution in [3.63, 3.8) is 0 Å². The predicted molar refractivity (Wildman–Crippen MR) is 80.1 cm³/mol. The average Bonchev–Trinajstić information content (AvgIpc) is 2.90. The lowest BCUT2D eigenvalue weighted by Crippen LogP contribution is -2.19. The molecule has 2 rings (SSSR count). The molecule has 0 aliphatic rings. The molecule has 21 heavy (non-hydrogen) atoms. The average molecular weight is 314 g/mol. The number of nitrogens with one attached hydrogen (secondary N) is 1. The van der Waals surface area contributed by atoms with Gasteiger partial charge in [0.25, 0.3) is 0 Å². The summed E-state index contributed by atoms with van der Waals surface area (Å²) in [6, 6.07) is 4.36. The summed E-state index contributed by atoms with van der Waals surface area (Å²) in [7, 11) is 0. The van der Waals surface area contributed by atoms with Crippen molar-refractivity contribution in [3.8, 4) is 5.69 Å². The first-order valence-corrected chi connectivity index (χ1v) is 6.26. The van der Waals surface area contributed by atoms with Gasteiger partial charge in [0.1, 0.15) is 18.3 Å². The van der Waals surface area contributed by atoms with Crippen molar-refractivity contribution in [2.24, 2.45) is 5.73 Å². The fraction of sp³-hybridized carbons (Fsp3) is 0.308. The zero-order valence-corrected chi connectivity index (χ0v) is 12.3. The van der Waals surface area contributed by atoms with Gasteiger partial charge >= 0.3 is 0 Å². The van der Waals surface area contributed by atoms with E-state index in [0.717, 1.165) is 0 Å². The van der Waals surface area contributed by atoms with Crippen LogP contribution in [0.4, 0.5) is 10.1 Å². The van der Waals surface area contributed by atoms with Crippen molar-refractivity contribution < 1.29 is 9.18 Å². The molecule has 0 aliphatic heterocycles. The minimum atomic E-state index is -0.486. The number of amides is 1. The van der Waals surface area contributed by atoms with Crippen LogP contribution in [0.5, 0.6) is 0 Å². The topological polar surface area (TPSA) is 85.8 Å². The number of rotatable bonds is 5. The molecule has 0 saturated heterocycles. The fourth-order valence-electron chi connectivity index (χ4n) is 1.69. The smallest absolute Gasteiger partial charge is 0.224 e. The van der Waals surface area contributed by atoms with E-state index in [-0.39, 0.29) is 30.0 Å². The molecule has 0 spiro atoms. The van der Waals surface area contributed by atoms with Gasteiger partial charge in [-0.15, -0.1) is 12.4 Å². The second-order valence-corrected chi connectivity index (χ2v) is 4.57. The Morgan fingerprint density at radius 3 is 2.86 bits per heavy atom. The Morgan fingerprint density at radius 2 is 2.29 bits per heavy atom. The number of benzene rings is 1. The SMILES string of the molecule is CC(N)CCC(=O)Nc1ccc(-n2cncn2)c(F)c1.Cl. The van der Waals surface area contributed by atoms with Crippen molar-refractivity contribution in [2.75, 3.05) is 5.32 Å². The number of halogens is 2. The van der Waals surface area contributed by atoms with Gasteiger partial charge in [-0.05, 0) is 31.5 Å². The van der Waals surface area contributed by atoms with E-state index in [1.807, 2.05) is 6.92 Å². The summed E-state index contributed by atoms with van der Waals surface area (Å²) in [5.41, 5.74) is 6.25. The van der Waals surface area contributed by atoms with Crippen molar-refractivity contribution >= 4 is 24.0 Å². The maximum Gasteiger partial charge on any atom is 0.224 e. The molecular weight excluding hydrogens is 297 g/mol. The van der Waals surface area contributed by atoms with Gasteiger partial charge < -0.3 is 11.1 Å². The summed E-state index contributed by atoms with van der Waals surface area (Å²) in [6.45, 7) is 1.83. The number of hydrogen-bond acceptors (Lipinski definition) is 4. The Hall–Kier alpha value is -1.99. The summed E-state index contributed by atoms with van der Waals surface area (Å²) >= 11 is 0. The Morgan fingerprint density at radius 1 is 1.52 bits per heavy atom. The first-order chi connectivity index (χ1) is 9.56. The largest absolute Gasteiger partial charge is 0.328 e. The Kier molecular flexibility index (Phi) is 6.26. The van der Waals surface area contributed by atoms with E-state index in [2.05, 4.69) is 15.4 Å². The molecule has 0 bridgehead atoms. The lowest BCUT2D eigenvalue weighted by Gasteiger charge is -2.08. The molecule has 1 heterocycles. The second kappa shape index (κ2) is 7.70. The van der Waals surface area contributed by atoms with Crippen LogP contribution < -0.4 is 11.1 Å². The molecule has 2 aromatic rings. The highest BCUT2D eigenvalue weighted by Crippen LogP contribution is 2.17. The summed E-state index contributed by atoms with van der Waals surface area (Å²) in [5.74, 6) is -0.671. The quantitative estimate of drug-likeness (QED) is 0.882. The molecule has 6 nitrogen and oxygen atoms in total. The van der Waals surface area contributed by atoms with E-state index < -0.39 is 5.82 Å². The first-order valence-electron chi connectivity index (χ1n) is 6.26. The highest BCUT2D eigenvalue weighted by Gasteiger charge is 2.09. The summed E-state index contributed by atoms with van der Waals surface area (Å²) in [5, 5.41) is 6.48. The minimum absolute atomic E-state index is 0. The Bertz CT molecular complexity index is 588. The Balaban J connectivity index is 0.00000220. The van der Waals surface area contributed by atoms with Crippen molar-refractivity contribution in [1.29, 1.82) is 0 Å². The van der Waals surface area contributed by atoms with Gasteiger partial charge in [0.15, 0.2) is 5.82 Å². The maximum atomic E-state index is 13.9. The number of nitrogens with two attached hydrogens (primary N) is 1. The van der Waals surface area contributed by atoms with E-state index in [9.17, 15) is 9.18 Å². The van der Waals surface area contributed by atoms with Crippen LogP contribution in [0.15, 0.2) is 30.9 Å². The molecule has 1 aromatic carbocycles. The van der Waals surface area contributed by atoms with Gasteiger partial charge in [-0.25, -0.2) is 14.1 Å². The maximum absolute atomic E-state index is 13.9. The van der Waals surface area contributed by atoms with Crippen molar-refractivity contribution in [2.45, 2.75) is 25.8 Å². The first kappa shape index (κ1) is 17.1. The van der Waals surface area contributed by atoms with Gasteiger partial charge in [0, 0.05) is 18.2 Å². The molecular formula is C13H17ClFN5O. The van der Waals surface area contributed by atoms with Crippen LogP contribution in [-0.4, -0.2) is 26.7 Å². The second-order valence-electron chi connectivity index (χ2n) is 4.57. The standard InChI is InChI=1S/C13H16FN5O.ClH/c1-9(15)2-5-13(20)18-10-3-4-12(11(14)6-10)19-8-16-7-17-19;/h3-4,6-9H,2,5,15H2,1H3,(H,18,20);1H. The zero-order valence-electron chi connectivity index (χ0n) is 11.5. The molecule has 1 aromatic heterocycles. The molecule has 0 aliphatic carbocycles. The predicted octanol–water partition coefficient (Wildman–Crippen LogP) is 1.89. The molecule has 0 radical (unpaired) electrons. The van der Waals surface area contributed by atoms with Crippen LogP contribution in [0, 0.1) is 5.82 Å². The van der Waals surface area contributed by atoms with E-state index in [1.165, 1.54) is 29.5 Å². The van der Waals surface area contributed by atoms with Crippen LogP contribution in [0.3, 0.4) is 0 Å². The molecule has 8 heteroatoms. The van der Waals surface area contributed by atoms with Crippen LogP contribution in [0.1, 0.15) is 19.8 Å². The third kappa shape index (κ3) is 4.80. The molecule has 114 valence electrons. The third-order valence-corrected chi connectivity index (χ3v) is 2.72. The van der Waals surface area contributed by atoms with Gasteiger partial charge in [-0.1, -0.05) is 0 Å². The number of carbonyl (C=O) groups is 1. The summed E-state index contributed by atoms with van der Waals surface area (Å²) in [6.07, 6.45) is 3.62. The molecule has 1 atom stereocenters. The number of carbonyl (C=O) groups excluding carboxylic acids is 1. The highest BCUT2D eigenvalue weighted by atomic mass is 35.5. The summed E-state index contributed by atoms with van der Waals surface area (Å²) in [4.78, 5) is 15.4. The van der Waals surface area contributed by atoms with E-state index in [4.69, 9.17) is 5.73 Å². The number of anilines is 1. The minimum Gasteiger partial charge on any atom is -0.328 e. The highest BCUT2D eigenvalue weighted by molar-refractivity contribution is 5.90. The van der Waals surface area contributed by atoms with Crippen LogP contribution in [-0.2, 0) is 4.79 Å². The number of hydrogen-bond donors (Lipinski definition) is 2. The fourth-order valence-corrected chi connectivity index (χ4v) is 1.69. The van der Waals surface area contributed by atoms with E-state index in [1.54, 1.807) is 6.07 Å². The van der Waals surface area contributed by atoms with Crippen molar-refractivity contribution in [3.05, 3.63) is 36.7 Å².